The topological polar surface area (TPSA) is 85.6 Å². The first-order valence-corrected chi connectivity index (χ1v) is 9.02. The van der Waals surface area contributed by atoms with Gasteiger partial charge in [0.15, 0.2) is 10.2 Å². The number of nitrogens with one attached hydrogen (secondary N) is 1. The standard InChI is InChI=1S/C15H16N6OS2/c1-9-6-10(2)21(20-9)13-5-4-12(7-16-13)18-14(22)11(3)24-15-19-17-8-23-15/h4-8,11H,1-3H3,(H,18,22)/t11-/m1/s1. The number of carbonyl (C=O) groups is 1. The van der Waals surface area contributed by atoms with E-state index in [2.05, 4.69) is 25.6 Å². The lowest BCUT2D eigenvalue weighted by atomic mass is 10.3. The number of hydrogen-bond donors (Lipinski definition) is 1. The number of rotatable bonds is 5. The molecule has 1 N–H and O–H groups in total. The number of anilines is 1. The van der Waals surface area contributed by atoms with E-state index >= 15 is 0 Å². The third-order valence-electron chi connectivity index (χ3n) is 3.23. The highest BCUT2D eigenvalue weighted by atomic mass is 32.2. The van der Waals surface area contributed by atoms with Crippen molar-refractivity contribution in [2.45, 2.75) is 30.4 Å². The third-order valence-corrected chi connectivity index (χ3v) is 5.14. The molecule has 0 saturated carbocycles. The number of amides is 1. The lowest BCUT2D eigenvalue weighted by Crippen LogP contribution is -2.22. The summed E-state index contributed by atoms with van der Waals surface area (Å²) in [6.45, 7) is 5.75. The van der Waals surface area contributed by atoms with Crippen molar-refractivity contribution < 1.29 is 4.79 Å². The smallest absolute Gasteiger partial charge is 0.237 e. The van der Waals surface area contributed by atoms with Gasteiger partial charge in [-0.1, -0.05) is 23.1 Å². The molecule has 9 heteroatoms. The van der Waals surface area contributed by atoms with E-state index in [-0.39, 0.29) is 11.2 Å². The quantitative estimate of drug-likeness (QED) is 0.704. The maximum Gasteiger partial charge on any atom is 0.237 e. The monoisotopic (exact) mass is 360 g/mol. The van der Waals surface area contributed by atoms with Crippen LogP contribution in [0.1, 0.15) is 18.3 Å². The van der Waals surface area contributed by atoms with Gasteiger partial charge in [0.2, 0.25) is 5.91 Å². The molecule has 0 aromatic carbocycles. The van der Waals surface area contributed by atoms with Crippen LogP contribution in [0.15, 0.2) is 34.2 Å². The Morgan fingerprint density at radius 1 is 1.38 bits per heavy atom. The normalized spacial score (nSPS) is 12.1. The summed E-state index contributed by atoms with van der Waals surface area (Å²) in [5.74, 6) is 0.616. The summed E-state index contributed by atoms with van der Waals surface area (Å²) < 4.78 is 2.55. The van der Waals surface area contributed by atoms with E-state index in [0.717, 1.165) is 21.5 Å². The summed E-state index contributed by atoms with van der Waals surface area (Å²) in [5.41, 5.74) is 4.25. The van der Waals surface area contributed by atoms with Crippen LogP contribution < -0.4 is 5.32 Å². The van der Waals surface area contributed by atoms with Crippen LogP contribution in [0.2, 0.25) is 0 Å². The Bertz CT molecular complexity index is 828. The van der Waals surface area contributed by atoms with Gasteiger partial charge in [0, 0.05) is 5.69 Å². The zero-order valence-electron chi connectivity index (χ0n) is 13.4. The zero-order valence-corrected chi connectivity index (χ0v) is 15.1. The van der Waals surface area contributed by atoms with Crippen molar-refractivity contribution in [3.63, 3.8) is 0 Å². The van der Waals surface area contributed by atoms with Crippen molar-refractivity contribution >= 4 is 34.7 Å². The van der Waals surface area contributed by atoms with Gasteiger partial charge < -0.3 is 5.32 Å². The first-order chi connectivity index (χ1) is 11.5. The molecule has 0 unspecified atom stereocenters. The summed E-state index contributed by atoms with van der Waals surface area (Å²) in [6.07, 6.45) is 1.63. The molecule has 3 heterocycles. The van der Waals surface area contributed by atoms with Crippen LogP contribution in [0.5, 0.6) is 0 Å². The molecule has 24 heavy (non-hydrogen) atoms. The molecule has 1 atom stereocenters. The van der Waals surface area contributed by atoms with Gasteiger partial charge in [-0.05, 0) is 39.0 Å². The Kier molecular flexibility index (Phi) is 4.91. The molecule has 0 aliphatic heterocycles. The fourth-order valence-corrected chi connectivity index (χ4v) is 3.73. The van der Waals surface area contributed by atoms with Gasteiger partial charge >= 0.3 is 0 Å². The molecular weight excluding hydrogens is 344 g/mol. The van der Waals surface area contributed by atoms with Crippen LogP contribution >= 0.6 is 23.1 Å². The molecule has 0 aliphatic carbocycles. The van der Waals surface area contributed by atoms with E-state index in [1.54, 1.807) is 16.4 Å². The molecule has 3 aromatic heterocycles. The molecule has 124 valence electrons. The number of aryl methyl sites for hydroxylation is 2. The van der Waals surface area contributed by atoms with Gasteiger partial charge in [-0.2, -0.15) is 5.10 Å². The van der Waals surface area contributed by atoms with E-state index in [9.17, 15) is 4.79 Å². The van der Waals surface area contributed by atoms with Crippen molar-refractivity contribution in [1.82, 2.24) is 25.0 Å². The fourth-order valence-electron chi connectivity index (χ4n) is 2.11. The number of carbonyl (C=O) groups excluding carboxylic acids is 1. The molecular formula is C15H16N6OS2. The largest absolute Gasteiger partial charge is 0.324 e. The number of pyridine rings is 1. The second kappa shape index (κ2) is 7.10. The van der Waals surface area contributed by atoms with Crippen molar-refractivity contribution in [3.05, 3.63) is 41.3 Å². The SMILES string of the molecule is Cc1cc(C)n(-c2ccc(NC(=O)[C@@H](C)Sc3nncs3)cn2)n1. The second-order valence-corrected chi connectivity index (χ2v) is 7.62. The van der Waals surface area contributed by atoms with Crippen LogP contribution in [0.4, 0.5) is 5.69 Å². The Hall–Kier alpha value is -2.26. The predicted molar refractivity (Wildman–Crippen MR) is 94.7 cm³/mol. The van der Waals surface area contributed by atoms with E-state index in [0.29, 0.717) is 5.69 Å². The average molecular weight is 360 g/mol. The molecule has 1 amide bonds. The van der Waals surface area contributed by atoms with Gasteiger partial charge in [0.05, 0.1) is 22.8 Å². The molecule has 3 aromatic rings. The van der Waals surface area contributed by atoms with Gasteiger partial charge in [0.1, 0.15) is 5.51 Å². The van der Waals surface area contributed by atoms with Crippen LogP contribution in [0, 0.1) is 13.8 Å². The Morgan fingerprint density at radius 2 is 2.21 bits per heavy atom. The highest BCUT2D eigenvalue weighted by Gasteiger charge is 2.16. The number of aromatic nitrogens is 5. The Labute approximate surface area is 147 Å². The molecule has 0 aliphatic rings. The van der Waals surface area contributed by atoms with Crippen LogP contribution in [0.3, 0.4) is 0 Å². The molecule has 0 bridgehead atoms. The average Bonchev–Trinajstić information content (AvgIpc) is 3.17. The highest BCUT2D eigenvalue weighted by molar-refractivity contribution is 8.02. The van der Waals surface area contributed by atoms with Crippen LogP contribution in [-0.4, -0.2) is 36.1 Å². The van der Waals surface area contributed by atoms with E-state index in [4.69, 9.17) is 0 Å². The maximum atomic E-state index is 12.2. The van der Waals surface area contributed by atoms with Gasteiger partial charge in [-0.3, -0.25) is 4.79 Å². The third kappa shape index (κ3) is 3.80. The lowest BCUT2D eigenvalue weighted by molar-refractivity contribution is -0.115. The molecule has 0 fully saturated rings. The maximum absolute atomic E-state index is 12.2. The molecule has 0 radical (unpaired) electrons. The molecule has 3 rings (SSSR count). The first kappa shape index (κ1) is 16.6. The number of hydrogen-bond acceptors (Lipinski definition) is 7. The second-order valence-electron chi connectivity index (χ2n) is 5.20. The van der Waals surface area contributed by atoms with Gasteiger partial charge in [-0.15, -0.1) is 10.2 Å². The minimum atomic E-state index is -0.270. The lowest BCUT2D eigenvalue weighted by Gasteiger charge is -2.10. The van der Waals surface area contributed by atoms with Crippen molar-refractivity contribution in [3.8, 4) is 5.82 Å². The predicted octanol–water partition coefficient (Wildman–Crippen LogP) is 2.85. The van der Waals surface area contributed by atoms with Crippen molar-refractivity contribution in [2.75, 3.05) is 5.32 Å². The van der Waals surface area contributed by atoms with Crippen molar-refractivity contribution in [1.29, 1.82) is 0 Å². The van der Waals surface area contributed by atoms with E-state index in [1.165, 1.54) is 23.1 Å². The van der Waals surface area contributed by atoms with Crippen molar-refractivity contribution in [2.24, 2.45) is 0 Å². The number of nitrogens with zero attached hydrogens (tertiary/aromatic N) is 5. The highest BCUT2D eigenvalue weighted by Crippen LogP contribution is 2.25. The molecule has 0 spiro atoms. The molecule has 7 nitrogen and oxygen atoms in total. The molecule has 0 saturated heterocycles. The van der Waals surface area contributed by atoms with Gasteiger partial charge in [-0.25, -0.2) is 9.67 Å². The van der Waals surface area contributed by atoms with Crippen LogP contribution in [0.25, 0.3) is 5.82 Å². The summed E-state index contributed by atoms with van der Waals surface area (Å²) in [5, 5.41) is 14.7. The minimum absolute atomic E-state index is 0.101. The minimum Gasteiger partial charge on any atom is -0.324 e. The summed E-state index contributed by atoms with van der Waals surface area (Å²) in [6, 6.07) is 5.64. The Morgan fingerprint density at radius 3 is 2.79 bits per heavy atom. The summed E-state index contributed by atoms with van der Waals surface area (Å²) >= 11 is 2.80. The van der Waals surface area contributed by atoms with E-state index < -0.39 is 0 Å². The number of thioether (sulfide) groups is 1. The summed E-state index contributed by atoms with van der Waals surface area (Å²) in [4.78, 5) is 16.6. The summed E-state index contributed by atoms with van der Waals surface area (Å²) in [7, 11) is 0. The fraction of sp³-hybridized carbons (Fsp3) is 0.267. The Balaban J connectivity index is 1.65. The van der Waals surface area contributed by atoms with Gasteiger partial charge in [0.25, 0.3) is 0 Å². The van der Waals surface area contributed by atoms with Crippen LogP contribution in [-0.2, 0) is 4.79 Å². The first-order valence-electron chi connectivity index (χ1n) is 7.26. The van der Waals surface area contributed by atoms with E-state index in [1.807, 2.05) is 39.0 Å². The zero-order chi connectivity index (χ0) is 17.1.